The number of carbonyl (C=O) groups excluding carboxylic acids is 1. The van der Waals surface area contributed by atoms with Gasteiger partial charge in [0.25, 0.3) is 10.1 Å². The normalized spacial score (nSPS) is 14.3. The largest absolute Gasteiger partial charge is 0.387 e. The molecule has 0 aliphatic heterocycles. The molecule has 0 aliphatic rings. The lowest BCUT2D eigenvalue weighted by Crippen LogP contribution is -2.46. The molecule has 0 fully saturated rings. The maximum absolute atomic E-state index is 12.4. The van der Waals surface area contributed by atoms with Crippen molar-refractivity contribution in [1.29, 1.82) is 0 Å². The van der Waals surface area contributed by atoms with E-state index in [-0.39, 0.29) is 12.3 Å². The first-order chi connectivity index (χ1) is 21.8. The van der Waals surface area contributed by atoms with Crippen LogP contribution in [0.25, 0.3) is 0 Å². The summed E-state index contributed by atoms with van der Waals surface area (Å²) in [6.45, 7) is 4.37. The summed E-state index contributed by atoms with van der Waals surface area (Å²) in [5.74, 6) is -1.04. The van der Waals surface area contributed by atoms with Crippen LogP contribution in [0.2, 0.25) is 0 Å². The van der Waals surface area contributed by atoms with Crippen molar-refractivity contribution in [3.05, 3.63) is 72.9 Å². The van der Waals surface area contributed by atoms with E-state index in [1.165, 1.54) is 38.2 Å². The quantitative estimate of drug-likeness (QED) is 0.0409. The number of hydrogen-bond acceptors (Lipinski definition) is 4. The fraction of sp³-hybridized carbons (Fsp3) is 0.658. The average molecular weight is 648 g/mol. The number of nitrogens with one attached hydrogen (secondary N) is 1. The Bertz CT molecular complexity index is 978. The molecule has 0 saturated heterocycles. The summed E-state index contributed by atoms with van der Waals surface area (Å²) < 4.78 is 32.3. The monoisotopic (exact) mass is 647 g/mol. The second-order valence-corrected chi connectivity index (χ2v) is 13.2. The van der Waals surface area contributed by atoms with Crippen LogP contribution in [0, 0.1) is 0 Å². The fourth-order valence-electron chi connectivity index (χ4n) is 4.73. The average Bonchev–Trinajstić information content (AvgIpc) is 3.00. The van der Waals surface area contributed by atoms with Gasteiger partial charge < -0.3 is 10.4 Å². The molecular formula is C38H65NO5S. The number of amides is 1. The van der Waals surface area contributed by atoms with Gasteiger partial charge in [-0.1, -0.05) is 132 Å². The van der Waals surface area contributed by atoms with E-state index in [1.54, 1.807) is 6.08 Å². The minimum absolute atomic E-state index is 0.261. The Morgan fingerprint density at radius 3 is 1.67 bits per heavy atom. The molecule has 0 heterocycles. The number of aliphatic hydroxyl groups excluding tert-OH is 1. The summed E-state index contributed by atoms with van der Waals surface area (Å²) in [6.07, 6.45) is 44.5. The molecule has 0 rings (SSSR count). The van der Waals surface area contributed by atoms with E-state index in [1.807, 2.05) is 0 Å². The zero-order valence-electron chi connectivity index (χ0n) is 28.5. The Morgan fingerprint density at radius 2 is 1.09 bits per heavy atom. The Morgan fingerprint density at radius 1 is 0.622 bits per heavy atom. The highest BCUT2D eigenvalue weighted by Crippen LogP contribution is 2.10. The molecule has 0 aromatic rings. The number of carbonyl (C=O) groups is 1. The first kappa shape index (κ1) is 42.8. The van der Waals surface area contributed by atoms with Crippen molar-refractivity contribution in [3.63, 3.8) is 0 Å². The second-order valence-electron chi connectivity index (χ2n) is 11.7. The zero-order chi connectivity index (χ0) is 33.3. The molecule has 45 heavy (non-hydrogen) atoms. The Kier molecular flexibility index (Phi) is 30.2. The standard InChI is InChI=1S/C38H65NO5S/c1-3-5-7-9-11-13-15-17-19-21-23-25-27-29-31-33-37(40)36(35-45(42,43)44)39-38(41)34-32-30-28-26-24-22-20-18-16-14-12-10-8-6-4-2/h6,8,12,14-15,17-18,20,23,25,31,33,36-37,40H,3-5,7,9-11,13,16,19,21-22,24,26-30,32,34-35H2,1-2H3,(H,39,41)(H,42,43,44)/b8-6-,14-12-,17-15+,20-18-,25-23+,33-31+. The molecule has 0 saturated carbocycles. The van der Waals surface area contributed by atoms with Gasteiger partial charge in [-0.2, -0.15) is 8.42 Å². The van der Waals surface area contributed by atoms with Crippen molar-refractivity contribution < 1.29 is 22.9 Å². The van der Waals surface area contributed by atoms with Crippen LogP contribution in [0.3, 0.4) is 0 Å². The third-order valence-electron chi connectivity index (χ3n) is 7.34. The maximum atomic E-state index is 12.4. The molecule has 258 valence electrons. The van der Waals surface area contributed by atoms with Gasteiger partial charge >= 0.3 is 0 Å². The van der Waals surface area contributed by atoms with Gasteiger partial charge in [0.2, 0.25) is 5.91 Å². The van der Waals surface area contributed by atoms with Crippen molar-refractivity contribution in [1.82, 2.24) is 5.32 Å². The predicted octanol–water partition coefficient (Wildman–Crippen LogP) is 9.90. The van der Waals surface area contributed by atoms with Gasteiger partial charge in [0.1, 0.15) is 0 Å². The maximum Gasteiger partial charge on any atom is 0.267 e. The zero-order valence-corrected chi connectivity index (χ0v) is 29.3. The lowest BCUT2D eigenvalue weighted by molar-refractivity contribution is -0.122. The summed E-state index contributed by atoms with van der Waals surface area (Å²) >= 11 is 0. The van der Waals surface area contributed by atoms with Crippen LogP contribution < -0.4 is 5.32 Å². The first-order valence-corrected chi connectivity index (χ1v) is 19.2. The molecule has 0 bridgehead atoms. The minimum Gasteiger partial charge on any atom is -0.387 e. The molecule has 0 spiro atoms. The van der Waals surface area contributed by atoms with E-state index in [0.29, 0.717) is 12.8 Å². The lowest BCUT2D eigenvalue weighted by Gasteiger charge is -2.21. The number of hydrogen-bond donors (Lipinski definition) is 3. The topological polar surface area (TPSA) is 104 Å². The third-order valence-corrected chi connectivity index (χ3v) is 8.12. The molecule has 2 unspecified atom stereocenters. The Hall–Kier alpha value is -2.22. The van der Waals surface area contributed by atoms with E-state index in [4.69, 9.17) is 0 Å². The van der Waals surface area contributed by atoms with E-state index >= 15 is 0 Å². The van der Waals surface area contributed by atoms with Crippen molar-refractivity contribution in [3.8, 4) is 0 Å². The van der Waals surface area contributed by atoms with Crippen LogP contribution in [-0.4, -0.2) is 41.9 Å². The van der Waals surface area contributed by atoms with E-state index in [9.17, 15) is 22.9 Å². The number of unbranched alkanes of at least 4 members (excludes halogenated alkanes) is 12. The van der Waals surface area contributed by atoms with Crippen LogP contribution in [0.4, 0.5) is 0 Å². The van der Waals surface area contributed by atoms with Crippen LogP contribution in [0.1, 0.15) is 142 Å². The third kappa shape index (κ3) is 33.0. The van der Waals surface area contributed by atoms with E-state index in [2.05, 4.69) is 79.9 Å². The highest BCUT2D eigenvalue weighted by Gasteiger charge is 2.24. The molecule has 1 amide bonds. The summed E-state index contributed by atoms with van der Waals surface area (Å²) in [5, 5.41) is 13.1. The van der Waals surface area contributed by atoms with E-state index in [0.717, 1.165) is 77.0 Å². The fourth-order valence-corrected chi connectivity index (χ4v) is 5.46. The summed E-state index contributed by atoms with van der Waals surface area (Å²) in [5.41, 5.74) is 0. The predicted molar refractivity (Wildman–Crippen MR) is 193 cm³/mol. The molecule has 0 radical (unpaired) electrons. The molecule has 2 atom stereocenters. The highest BCUT2D eigenvalue weighted by atomic mass is 32.2. The second kappa shape index (κ2) is 31.7. The van der Waals surface area contributed by atoms with Gasteiger partial charge in [0, 0.05) is 6.42 Å². The van der Waals surface area contributed by atoms with Crippen LogP contribution in [-0.2, 0) is 14.9 Å². The van der Waals surface area contributed by atoms with Crippen molar-refractivity contribution in [2.24, 2.45) is 0 Å². The van der Waals surface area contributed by atoms with Crippen LogP contribution in [0.5, 0.6) is 0 Å². The molecule has 0 aromatic heterocycles. The molecule has 7 heteroatoms. The van der Waals surface area contributed by atoms with Gasteiger partial charge in [-0.3, -0.25) is 9.35 Å². The SMILES string of the molecule is CC/C=C\C/C=C\C/C=C\CCCCCCCC(=O)NC(CS(=O)(=O)O)C(O)/C=C/CC/C=C/CC/C=C/CCCCCCC. The Labute approximate surface area is 276 Å². The van der Waals surface area contributed by atoms with Crippen LogP contribution in [0.15, 0.2) is 72.9 Å². The van der Waals surface area contributed by atoms with Crippen LogP contribution >= 0.6 is 0 Å². The molecule has 0 aliphatic carbocycles. The highest BCUT2D eigenvalue weighted by molar-refractivity contribution is 7.85. The number of allylic oxidation sites excluding steroid dienone is 11. The summed E-state index contributed by atoms with van der Waals surface area (Å²) in [4.78, 5) is 12.4. The Balaban J connectivity index is 4.15. The molecule has 6 nitrogen and oxygen atoms in total. The minimum atomic E-state index is -4.36. The summed E-state index contributed by atoms with van der Waals surface area (Å²) in [7, 11) is -4.36. The van der Waals surface area contributed by atoms with Gasteiger partial charge in [0.15, 0.2) is 0 Å². The number of rotatable bonds is 30. The van der Waals surface area contributed by atoms with Crippen molar-refractivity contribution >= 4 is 16.0 Å². The smallest absolute Gasteiger partial charge is 0.267 e. The molecule has 0 aromatic carbocycles. The molecular weight excluding hydrogens is 582 g/mol. The van der Waals surface area contributed by atoms with Crippen molar-refractivity contribution in [2.45, 2.75) is 154 Å². The lowest BCUT2D eigenvalue weighted by atomic mass is 10.1. The van der Waals surface area contributed by atoms with Gasteiger partial charge in [-0.15, -0.1) is 0 Å². The van der Waals surface area contributed by atoms with Gasteiger partial charge in [-0.25, -0.2) is 0 Å². The number of aliphatic hydroxyl groups is 1. The first-order valence-electron chi connectivity index (χ1n) is 17.6. The molecule has 3 N–H and O–H groups in total. The van der Waals surface area contributed by atoms with Crippen molar-refractivity contribution in [2.75, 3.05) is 5.75 Å². The van der Waals surface area contributed by atoms with E-state index < -0.39 is 28.0 Å². The van der Waals surface area contributed by atoms with Gasteiger partial charge in [0.05, 0.1) is 17.9 Å². The van der Waals surface area contributed by atoms with Gasteiger partial charge in [-0.05, 0) is 77.0 Å². The summed E-state index contributed by atoms with van der Waals surface area (Å²) in [6, 6.07) is -1.09.